The molecule has 2 nitrogen and oxygen atoms in total. The molecule has 1 aromatic heterocycles. The summed E-state index contributed by atoms with van der Waals surface area (Å²) in [4.78, 5) is 3.11. The molecule has 72 valence electrons. The van der Waals surface area contributed by atoms with Crippen molar-refractivity contribution in [2.75, 3.05) is 0 Å². The van der Waals surface area contributed by atoms with Crippen LogP contribution in [-0.2, 0) is 6.61 Å². The highest BCUT2D eigenvalue weighted by Crippen LogP contribution is 2.24. The van der Waals surface area contributed by atoms with E-state index >= 15 is 0 Å². The summed E-state index contributed by atoms with van der Waals surface area (Å²) in [6, 6.07) is 1.00. The van der Waals surface area contributed by atoms with Gasteiger partial charge in [-0.2, -0.15) is 0 Å². The number of nitrogens with zero attached hydrogens (tertiary/aromatic N) is 1. The van der Waals surface area contributed by atoms with Gasteiger partial charge in [0.05, 0.1) is 6.61 Å². The van der Waals surface area contributed by atoms with E-state index in [1.165, 1.54) is 0 Å². The quantitative estimate of drug-likeness (QED) is 0.762. The number of rotatable bonds is 2. The van der Waals surface area contributed by atoms with Crippen molar-refractivity contribution in [1.29, 1.82) is 0 Å². The molecule has 0 unspecified atom stereocenters. The topological polar surface area (TPSA) is 33.1 Å². The summed E-state index contributed by atoms with van der Waals surface area (Å²) < 4.78 is 37.1. The van der Waals surface area contributed by atoms with Crippen molar-refractivity contribution in [2.24, 2.45) is 0 Å². The summed E-state index contributed by atoms with van der Waals surface area (Å²) in [6.45, 7) is -0.687. The van der Waals surface area contributed by atoms with Crippen molar-refractivity contribution < 1.29 is 18.3 Å². The second-order valence-electron chi connectivity index (χ2n) is 2.26. The largest absolute Gasteiger partial charge is 0.392 e. The molecule has 1 heterocycles. The predicted molar refractivity (Wildman–Crippen MR) is 40.1 cm³/mol. The zero-order valence-corrected chi connectivity index (χ0v) is 7.02. The maximum Gasteiger partial charge on any atom is 0.283 e. The molecule has 1 aromatic rings. The predicted octanol–water partition coefficient (Wildman–Crippen LogP) is 2.30. The van der Waals surface area contributed by atoms with Crippen molar-refractivity contribution in [3.8, 4) is 0 Å². The summed E-state index contributed by atoms with van der Waals surface area (Å²) in [5.41, 5.74) is -1.31. The Hall–Kier alpha value is -0.810. The molecule has 1 rings (SSSR count). The minimum absolute atomic E-state index is 0.263. The zero-order chi connectivity index (χ0) is 10.0. The van der Waals surface area contributed by atoms with E-state index < -0.39 is 24.5 Å². The van der Waals surface area contributed by atoms with E-state index in [4.69, 9.17) is 16.7 Å². The van der Waals surface area contributed by atoms with Gasteiger partial charge in [-0.15, -0.1) is 0 Å². The van der Waals surface area contributed by atoms with Crippen LogP contribution < -0.4 is 0 Å². The van der Waals surface area contributed by atoms with E-state index in [9.17, 15) is 13.2 Å². The van der Waals surface area contributed by atoms with E-state index in [2.05, 4.69) is 4.98 Å². The number of hydrogen-bond acceptors (Lipinski definition) is 2. The Morgan fingerprint density at radius 1 is 1.54 bits per heavy atom. The van der Waals surface area contributed by atoms with E-state index in [1.807, 2.05) is 0 Å². The lowest BCUT2D eigenvalue weighted by Crippen LogP contribution is -2.01. The Labute approximate surface area is 77.0 Å². The average molecular weight is 212 g/mol. The molecule has 1 N–H and O–H groups in total. The first-order valence-electron chi connectivity index (χ1n) is 3.30. The van der Waals surface area contributed by atoms with Crippen molar-refractivity contribution in [3.05, 3.63) is 28.3 Å². The van der Waals surface area contributed by atoms with Gasteiger partial charge in [-0.1, -0.05) is 11.6 Å². The highest BCUT2D eigenvalue weighted by atomic mass is 35.5. The Bertz CT molecular complexity index is 319. The number of aliphatic hydroxyl groups is 1. The third-order valence-electron chi connectivity index (χ3n) is 1.40. The van der Waals surface area contributed by atoms with Gasteiger partial charge in [0, 0.05) is 5.56 Å². The van der Waals surface area contributed by atoms with Crippen molar-refractivity contribution in [2.45, 2.75) is 13.0 Å². The number of pyridine rings is 1. The first-order chi connectivity index (χ1) is 6.06. The maximum atomic E-state index is 12.9. The number of aromatic nitrogens is 1. The monoisotopic (exact) mass is 211 g/mol. The number of halogens is 4. The molecule has 0 fully saturated rings. The van der Waals surface area contributed by atoms with Crippen LogP contribution in [0.15, 0.2) is 6.07 Å². The van der Waals surface area contributed by atoms with Crippen molar-refractivity contribution in [3.63, 3.8) is 0 Å². The Morgan fingerprint density at radius 3 is 2.62 bits per heavy atom. The summed E-state index contributed by atoms with van der Waals surface area (Å²) in [7, 11) is 0. The Morgan fingerprint density at radius 2 is 2.15 bits per heavy atom. The second kappa shape index (κ2) is 3.93. The lowest BCUT2D eigenvalue weighted by Gasteiger charge is -2.05. The van der Waals surface area contributed by atoms with Crippen LogP contribution >= 0.6 is 11.6 Å². The molecular weight excluding hydrogens is 207 g/mol. The molecule has 0 aromatic carbocycles. The van der Waals surface area contributed by atoms with Gasteiger partial charge < -0.3 is 5.11 Å². The summed E-state index contributed by atoms with van der Waals surface area (Å²) in [6.07, 6.45) is -3.04. The Balaban J connectivity index is 3.27. The Kier molecular flexibility index (Phi) is 3.11. The van der Waals surface area contributed by atoms with Gasteiger partial charge in [0.1, 0.15) is 10.8 Å². The summed E-state index contributed by atoms with van der Waals surface area (Å²) in [5, 5.41) is 8.31. The average Bonchev–Trinajstić information content (AvgIpc) is 2.08. The van der Waals surface area contributed by atoms with Gasteiger partial charge in [0.25, 0.3) is 6.43 Å². The lowest BCUT2D eigenvalue weighted by atomic mass is 10.2. The van der Waals surface area contributed by atoms with E-state index in [0.29, 0.717) is 0 Å². The van der Waals surface area contributed by atoms with Crippen LogP contribution in [0, 0.1) is 5.82 Å². The van der Waals surface area contributed by atoms with Crippen molar-refractivity contribution in [1.82, 2.24) is 4.98 Å². The van der Waals surface area contributed by atoms with E-state index in [1.54, 1.807) is 0 Å². The molecule has 0 aliphatic rings. The summed E-state index contributed by atoms with van der Waals surface area (Å²) >= 11 is 5.32. The smallest absolute Gasteiger partial charge is 0.283 e. The van der Waals surface area contributed by atoms with E-state index in [0.717, 1.165) is 6.07 Å². The SMILES string of the molecule is OCc1cc(Cl)nc(C(F)F)c1F. The fraction of sp³-hybridized carbons (Fsp3) is 0.286. The molecule has 0 radical (unpaired) electrons. The van der Waals surface area contributed by atoms with Gasteiger partial charge in [-0.25, -0.2) is 18.2 Å². The van der Waals surface area contributed by atoms with Crippen LogP contribution in [0.4, 0.5) is 13.2 Å². The van der Waals surface area contributed by atoms with Crippen LogP contribution in [0.3, 0.4) is 0 Å². The second-order valence-corrected chi connectivity index (χ2v) is 2.65. The van der Waals surface area contributed by atoms with Crippen LogP contribution in [-0.4, -0.2) is 10.1 Å². The first-order valence-corrected chi connectivity index (χ1v) is 3.68. The molecular formula is C7H5ClF3NO. The fourth-order valence-electron chi connectivity index (χ4n) is 0.828. The van der Waals surface area contributed by atoms with Gasteiger partial charge >= 0.3 is 0 Å². The van der Waals surface area contributed by atoms with Gasteiger partial charge in [-0.05, 0) is 6.07 Å². The standard InChI is InChI=1S/C7H5ClF3NO/c8-4-1-3(2-13)5(9)6(12-4)7(10)11/h1,7,13H,2H2. The highest BCUT2D eigenvalue weighted by Gasteiger charge is 2.19. The van der Waals surface area contributed by atoms with Crippen LogP contribution in [0.25, 0.3) is 0 Å². The first kappa shape index (κ1) is 10.3. The minimum Gasteiger partial charge on any atom is -0.392 e. The highest BCUT2D eigenvalue weighted by molar-refractivity contribution is 6.29. The molecule has 0 saturated carbocycles. The number of aliphatic hydroxyl groups excluding tert-OH is 1. The molecule has 0 aliphatic carbocycles. The maximum absolute atomic E-state index is 12.9. The normalized spacial score (nSPS) is 10.9. The van der Waals surface area contributed by atoms with Gasteiger partial charge in [0.2, 0.25) is 0 Å². The van der Waals surface area contributed by atoms with Gasteiger partial charge in [-0.3, -0.25) is 0 Å². The zero-order valence-electron chi connectivity index (χ0n) is 6.27. The molecule has 0 aliphatic heterocycles. The number of alkyl halides is 2. The molecule has 0 amide bonds. The fourth-order valence-corrected chi connectivity index (χ4v) is 1.05. The number of hydrogen-bond donors (Lipinski definition) is 1. The lowest BCUT2D eigenvalue weighted by molar-refractivity contribution is 0.139. The molecule has 13 heavy (non-hydrogen) atoms. The van der Waals surface area contributed by atoms with Crippen LogP contribution in [0.2, 0.25) is 5.15 Å². The molecule has 0 bridgehead atoms. The van der Waals surface area contributed by atoms with Crippen LogP contribution in [0.1, 0.15) is 17.7 Å². The van der Waals surface area contributed by atoms with Crippen LogP contribution in [0.5, 0.6) is 0 Å². The molecule has 0 atom stereocenters. The van der Waals surface area contributed by atoms with Gasteiger partial charge in [0.15, 0.2) is 5.82 Å². The third kappa shape index (κ3) is 2.10. The minimum atomic E-state index is -3.04. The van der Waals surface area contributed by atoms with E-state index in [-0.39, 0.29) is 10.7 Å². The molecule has 6 heteroatoms. The third-order valence-corrected chi connectivity index (χ3v) is 1.60. The summed E-state index contributed by atoms with van der Waals surface area (Å²) in [5.74, 6) is -1.21. The molecule has 0 saturated heterocycles. The molecule has 0 spiro atoms. The van der Waals surface area contributed by atoms with Crippen molar-refractivity contribution >= 4 is 11.6 Å².